The quantitative estimate of drug-likeness (QED) is 0.471. The highest BCUT2D eigenvalue weighted by Crippen LogP contribution is 2.57. The molecule has 2 aromatic carbocycles. The summed E-state index contributed by atoms with van der Waals surface area (Å²) in [4.78, 5) is 27.6. The lowest BCUT2D eigenvalue weighted by Crippen LogP contribution is -2.50. The van der Waals surface area contributed by atoms with E-state index in [1.807, 2.05) is 26.8 Å². The van der Waals surface area contributed by atoms with E-state index in [-0.39, 0.29) is 21.9 Å². The number of carbonyl (C=O) groups is 2. The molecule has 5 nitrogen and oxygen atoms in total. The first-order valence-electron chi connectivity index (χ1n) is 11.7. The maximum Gasteiger partial charge on any atom is 0.324 e. The Morgan fingerprint density at radius 3 is 2.37 bits per heavy atom. The Kier molecular flexibility index (Phi) is 6.48. The van der Waals surface area contributed by atoms with Crippen molar-refractivity contribution < 1.29 is 18.7 Å². The van der Waals surface area contributed by atoms with Gasteiger partial charge in [0.05, 0.1) is 0 Å². The van der Waals surface area contributed by atoms with E-state index in [0.717, 1.165) is 0 Å². The van der Waals surface area contributed by atoms with Crippen LogP contribution >= 0.6 is 23.2 Å². The van der Waals surface area contributed by atoms with Gasteiger partial charge in [-0.2, -0.15) is 0 Å². The minimum absolute atomic E-state index is 0.180. The van der Waals surface area contributed by atoms with Gasteiger partial charge in [-0.05, 0) is 62.4 Å². The van der Waals surface area contributed by atoms with Gasteiger partial charge < -0.3 is 10.1 Å². The first kappa shape index (κ1) is 25.9. The fraction of sp³-hybridized carbons (Fsp3) is 0.481. The molecular formula is C27H31Cl2FN2O3. The van der Waals surface area contributed by atoms with Crippen LogP contribution in [-0.2, 0) is 19.7 Å². The van der Waals surface area contributed by atoms with E-state index in [4.69, 9.17) is 27.9 Å². The Morgan fingerprint density at radius 1 is 1.09 bits per heavy atom. The van der Waals surface area contributed by atoms with Gasteiger partial charge in [-0.15, -0.1) is 0 Å². The van der Waals surface area contributed by atoms with Crippen LogP contribution in [0.25, 0.3) is 0 Å². The van der Waals surface area contributed by atoms with Gasteiger partial charge >= 0.3 is 5.97 Å². The Morgan fingerprint density at radius 2 is 1.77 bits per heavy atom. The molecular weight excluding hydrogens is 490 g/mol. The fourth-order valence-corrected chi connectivity index (χ4v) is 5.95. The molecule has 2 aromatic rings. The molecule has 2 aliphatic heterocycles. The number of nitrogens with one attached hydrogen (secondary N) is 2. The SMILES string of the molecule is CC(C)(C)C[C@@H]1N[C@@H](C(=O)OC(C)(C)C)[C@H](c2cccc(Cl)c2)[C@]12C(=O)Nc1cc(Cl)cc(F)c12. The van der Waals surface area contributed by atoms with Crippen molar-refractivity contribution in [2.24, 2.45) is 5.41 Å². The van der Waals surface area contributed by atoms with Crippen molar-refractivity contribution >= 4 is 40.8 Å². The first-order valence-corrected chi connectivity index (χ1v) is 12.4. The van der Waals surface area contributed by atoms with E-state index in [1.165, 1.54) is 6.07 Å². The molecule has 1 saturated heterocycles. The smallest absolute Gasteiger partial charge is 0.324 e. The summed E-state index contributed by atoms with van der Waals surface area (Å²) in [5.74, 6) is -2.26. The zero-order valence-electron chi connectivity index (χ0n) is 20.8. The number of hydrogen-bond donors (Lipinski definition) is 2. The van der Waals surface area contributed by atoms with E-state index < -0.39 is 40.8 Å². The van der Waals surface area contributed by atoms with Crippen LogP contribution in [0.3, 0.4) is 0 Å². The number of benzene rings is 2. The van der Waals surface area contributed by atoms with E-state index in [0.29, 0.717) is 22.7 Å². The second-order valence-electron chi connectivity index (χ2n) is 11.7. The van der Waals surface area contributed by atoms with Crippen LogP contribution in [0.5, 0.6) is 0 Å². The number of carbonyl (C=O) groups excluding carboxylic acids is 2. The minimum Gasteiger partial charge on any atom is -0.459 e. The van der Waals surface area contributed by atoms with Gasteiger partial charge in [0, 0.05) is 33.3 Å². The number of rotatable bonds is 3. The van der Waals surface area contributed by atoms with Crippen molar-refractivity contribution in [3.63, 3.8) is 0 Å². The maximum atomic E-state index is 15.7. The van der Waals surface area contributed by atoms with Gasteiger partial charge in [0.15, 0.2) is 0 Å². The summed E-state index contributed by atoms with van der Waals surface area (Å²) in [7, 11) is 0. The van der Waals surface area contributed by atoms with Crippen LogP contribution in [0.1, 0.15) is 65.0 Å². The molecule has 1 fully saturated rings. The predicted molar refractivity (Wildman–Crippen MR) is 137 cm³/mol. The molecule has 0 aliphatic carbocycles. The monoisotopic (exact) mass is 520 g/mol. The van der Waals surface area contributed by atoms with Gasteiger partial charge in [0.25, 0.3) is 0 Å². The lowest BCUT2D eigenvalue weighted by atomic mass is 9.62. The highest BCUT2D eigenvalue weighted by Gasteiger charge is 2.67. The number of ether oxygens (including phenoxy) is 1. The number of anilines is 1. The summed E-state index contributed by atoms with van der Waals surface area (Å²) in [6, 6.07) is 8.32. The van der Waals surface area contributed by atoms with Gasteiger partial charge in [-0.25, -0.2) is 4.39 Å². The number of esters is 1. The van der Waals surface area contributed by atoms with Crippen molar-refractivity contribution in [1.29, 1.82) is 0 Å². The number of halogens is 3. The molecule has 0 radical (unpaired) electrons. The molecule has 0 bridgehead atoms. The zero-order chi connectivity index (χ0) is 25.9. The topological polar surface area (TPSA) is 67.4 Å². The average molecular weight is 521 g/mol. The summed E-state index contributed by atoms with van der Waals surface area (Å²) < 4.78 is 21.5. The third-order valence-electron chi connectivity index (χ3n) is 6.53. The van der Waals surface area contributed by atoms with Crippen LogP contribution in [0.15, 0.2) is 36.4 Å². The number of fused-ring (bicyclic) bond motifs is 2. The fourth-order valence-electron chi connectivity index (χ4n) is 5.54. The molecule has 0 saturated carbocycles. The average Bonchev–Trinajstić information content (AvgIpc) is 3.15. The van der Waals surface area contributed by atoms with E-state index in [9.17, 15) is 9.59 Å². The van der Waals surface area contributed by atoms with Crippen molar-refractivity contribution in [3.05, 3.63) is 63.4 Å². The third kappa shape index (κ3) is 4.68. The normalized spacial score (nSPS) is 26.1. The lowest BCUT2D eigenvalue weighted by Gasteiger charge is -2.37. The maximum absolute atomic E-state index is 15.7. The summed E-state index contributed by atoms with van der Waals surface area (Å²) in [5.41, 5.74) is -1.24. The van der Waals surface area contributed by atoms with Crippen molar-refractivity contribution in [1.82, 2.24) is 5.32 Å². The highest BCUT2D eigenvalue weighted by molar-refractivity contribution is 6.31. The predicted octanol–water partition coefficient (Wildman–Crippen LogP) is 6.22. The van der Waals surface area contributed by atoms with Crippen molar-refractivity contribution in [3.8, 4) is 0 Å². The van der Waals surface area contributed by atoms with Crippen LogP contribution in [0.2, 0.25) is 10.0 Å². The molecule has 8 heteroatoms. The number of hydrogen-bond acceptors (Lipinski definition) is 4. The second-order valence-corrected chi connectivity index (χ2v) is 12.5. The largest absolute Gasteiger partial charge is 0.459 e. The standard InChI is InChI=1S/C27H31Cl2FN2O3/c1-25(2,3)13-19-27(21-17(30)11-16(29)12-18(21)31-24(27)34)20(14-8-7-9-15(28)10-14)22(32-19)23(33)35-26(4,5)6/h7-12,19-20,22,32H,13H2,1-6H3,(H,31,34)/t19-,20-,22+,27+/m0/s1. The third-order valence-corrected chi connectivity index (χ3v) is 6.99. The van der Waals surface area contributed by atoms with Crippen LogP contribution in [0, 0.1) is 11.2 Å². The summed E-state index contributed by atoms with van der Waals surface area (Å²) in [6.07, 6.45) is 0.498. The molecule has 0 unspecified atom stereocenters. The zero-order valence-corrected chi connectivity index (χ0v) is 22.3. The minimum atomic E-state index is -1.43. The second kappa shape index (κ2) is 8.75. The Hall–Kier alpha value is -2.15. The van der Waals surface area contributed by atoms with Crippen molar-refractivity contribution in [2.45, 2.75) is 77.0 Å². The van der Waals surface area contributed by atoms with Gasteiger partial charge in [-0.3, -0.25) is 14.9 Å². The molecule has 188 valence electrons. The highest BCUT2D eigenvalue weighted by atomic mass is 35.5. The molecule has 2 aliphatic rings. The summed E-state index contributed by atoms with van der Waals surface area (Å²) >= 11 is 12.5. The first-order chi connectivity index (χ1) is 16.1. The van der Waals surface area contributed by atoms with Gasteiger partial charge in [0.2, 0.25) is 5.91 Å². The number of amides is 1. The van der Waals surface area contributed by atoms with Crippen LogP contribution < -0.4 is 10.6 Å². The van der Waals surface area contributed by atoms with Gasteiger partial charge in [0.1, 0.15) is 22.9 Å². The lowest BCUT2D eigenvalue weighted by molar-refractivity contribution is -0.157. The molecule has 2 heterocycles. The summed E-state index contributed by atoms with van der Waals surface area (Å²) in [6.45, 7) is 11.5. The van der Waals surface area contributed by atoms with E-state index in [1.54, 1.807) is 45.0 Å². The van der Waals surface area contributed by atoms with E-state index in [2.05, 4.69) is 10.6 Å². The molecule has 0 aromatic heterocycles. The molecule has 2 N–H and O–H groups in total. The summed E-state index contributed by atoms with van der Waals surface area (Å²) in [5, 5.41) is 6.90. The molecule has 4 rings (SSSR count). The molecule has 1 amide bonds. The Bertz CT molecular complexity index is 1190. The van der Waals surface area contributed by atoms with Crippen LogP contribution in [-0.4, -0.2) is 29.6 Å². The molecule has 35 heavy (non-hydrogen) atoms. The molecule has 4 atom stereocenters. The Balaban J connectivity index is 2.02. The van der Waals surface area contributed by atoms with Crippen LogP contribution in [0.4, 0.5) is 10.1 Å². The van der Waals surface area contributed by atoms with Gasteiger partial charge in [-0.1, -0.05) is 56.1 Å². The Labute approximate surface area is 215 Å². The molecule has 1 spiro atoms. The van der Waals surface area contributed by atoms with E-state index >= 15 is 4.39 Å². The van der Waals surface area contributed by atoms with Crippen molar-refractivity contribution in [2.75, 3.05) is 5.32 Å².